The van der Waals surface area contributed by atoms with Crippen molar-refractivity contribution < 1.29 is 0 Å². The van der Waals surface area contributed by atoms with Gasteiger partial charge in [0.1, 0.15) is 0 Å². The van der Waals surface area contributed by atoms with Crippen molar-refractivity contribution in [1.82, 2.24) is 4.98 Å². The molecule has 2 atom stereocenters. The van der Waals surface area contributed by atoms with Crippen molar-refractivity contribution in [3.8, 4) is 11.3 Å². The minimum atomic E-state index is 0.709. The summed E-state index contributed by atoms with van der Waals surface area (Å²) >= 11 is 1.85. The first kappa shape index (κ1) is 12.9. The van der Waals surface area contributed by atoms with Crippen LogP contribution in [0.25, 0.3) is 11.3 Å². The number of rotatable bonds is 3. The highest BCUT2D eigenvalue weighted by Crippen LogP contribution is 2.39. The monoisotopic (exact) mass is 271 g/mol. The van der Waals surface area contributed by atoms with E-state index in [2.05, 4.69) is 42.6 Å². The van der Waals surface area contributed by atoms with E-state index in [1.807, 2.05) is 11.3 Å². The van der Waals surface area contributed by atoms with E-state index >= 15 is 0 Å². The molecule has 1 aromatic heterocycles. The Kier molecular flexibility index (Phi) is 3.97. The van der Waals surface area contributed by atoms with Crippen molar-refractivity contribution in [2.24, 2.45) is 5.92 Å². The van der Waals surface area contributed by atoms with Crippen LogP contribution in [-0.2, 0) is 0 Å². The van der Waals surface area contributed by atoms with Gasteiger partial charge in [-0.25, -0.2) is 4.98 Å². The molecule has 2 heteroatoms. The van der Waals surface area contributed by atoms with E-state index in [-0.39, 0.29) is 0 Å². The van der Waals surface area contributed by atoms with E-state index in [4.69, 9.17) is 4.98 Å². The first-order valence-corrected chi connectivity index (χ1v) is 8.25. The number of nitrogens with zero attached hydrogens (tertiary/aromatic N) is 1. The molecule has 1 fully saturated rings. The van der Waals surface area contributed by atoms with Crippen molar-refractivity contribution in [3.63, 3.8) is 0 Å². The molecule has 0 N–H and O–H groups in total. The van der Waals surface area contributed by atoms with Crippen LogP contribution in [0.1, 0.15) is 50.0 Å². The fourth-order valence-corrected chi connectivity index (χ4v) is 4.08. The molecule has 1 saturated carbocycles. The van der Waals surface area contributed by atoms with Gasteiger partial charge < -0.3 is 0 Å². The molecule has 19 heavy (non-hydrogen) atoms. The SMILES string of the molecule is CCC1CCCC(c2nc(-c3ccccc3)cs2)C1. The van der Waals surface area contributed by atoms with Gasteiger partial charge in [-0.05, 0) is 18.8 Å². The van der Waals surface area contributed by atoms with Crippen LogP contribution in [-0.4, -0.2) is 4.98 Å². The van der Waals surface area contributed by atoms with Crippen LogP contribution in [0, 0.1) is 5.92 Å². The molecule has 0 spiro atoms. The van der Waals surface area contributed by atoms with Gasteiger partial charge in [-0.2, -0.15) is 0 Å². The Morgan fingerprint density at radius 3 is 2.84 bits per heavy atom. The highest BCUT2D eigenvalue weighted by molar-refractivity contribution is 7.10. The lowest BCUT2D eigenvalue weighted by atomic mass is 9.80. The maximum absolute atomic E-state index is 4.89. The van der Waals surface area contributed by atoms with Crippen molar-refractivity contribution in [1.29, 1.82) is 0 Å². The van der Waals surface area contributed by atoms with Gasteiger partial charge in [0, 0.05) is 16.9 Å². The minimum Gasteiger partial charge on any atom is -0.241 e. The maximum Gasteiger partial charge on any atom is 0.0963 e. The Bertz CT molecular complexity index is 517. The van der Waals surface area contributed by atoms with Gasteiger partial charge in [0.2, 0.25) is 0 Å². The third-order valence-electron chi connectivity index (χ3n) is 4.30. The van der Waals surface area contributed by atoms with E-state index in [1.165, 1.54) is 42.7 Å². The predicted octanol–water partition coefficient (Wildman–Crippen LogP) is 5.49. The third-order valence-corrected chi connectivity index (χ3v) is 5.31. The van der Waals surface area contributed by atoms with Gasteiger partial charge in [0.15, 0.2) is 0 Å². The molecule has 0 aliphatic heterocycles. The van der Waals surface area contributed by atoms with Gasteiger partial charge in [-0.1, -0.05) is 56.5 Å². The molecule has 1 aliphatic rings. The van der Waals surface area contributed by atoms with Gasteiger partial charge in [0.05, 0.1) is 10.7 Å². The van der Waals surface area contributed by atoms with E-state index < -0.39 is 0 Å². The quantitative estimate of drug-likeness (QED) is 0.719. The molecule has 1 aromatic carbocycles. The molecule has 0 radical (unpaired) electrons. The Morgan fingerprint density at radius 1 is 1.21 bits per heavy atom. The highest BCUT2D eigenvalue weighted by atomic mass is 32.1. The number of hydrogen-bond acceptors (Lipinski definition) is 2. The molecule has 2 unspecified atom stereocenters. The zero-order chi connectivity index (χ0) is 13.1. The molecule has 1 heterocycles. The van der Waals surface area contributed by atoms with Gasteiger partial charge in [-0.3, -0.25) is 0 Å². The van der Waals surface area contributed by atoms with Gasteiger partial charge in [-0.15, -0.1) is 11.3 Å². The van der Waals surface area contributed by atoms with Crippen LogP contribution < -0.4 is 0 Å². The molecule has 100 valence electrons. The second-order valence-electron chi connectivity index (χ2n) is 5.57. The summed E-state index contributed by atoms with van der Waals surface area (Å²) in [7, 11) is 0. The Morgan fingerprint density at radius 2 is 2.05 bits per heavy atom. The summed E-state index contributed by atoms with van der Waals surface area (Å²) in [6, 6.07) is 10.5. The van der Waals surface area contributed by atoms with Crippen LogP contribution in [0.2, 0.25) is 0 Å². The molecular weight excluding hydrogens is 250 g/mol. The van der Waals surface area contributed by atoms with Crippen LogP contribution in [0.5, 0.6) is 0 Å². The van der Waals surface area contributed by atoms with E-state index in [0.29, 0.717) is 5.92 Å². The number of thiazole rings is 1. The molecule has 2 aromatic rings. The number of aromatic nitrogens is 1. The smallest absolute Gasteiger partial charge is 0.0963 e. The summed E-state index contributed by atoms with van der Waals surface area (Å²) in [6.45, 7) is 2.32. The topological polar surface area (TPSA) is 12.9 Å². The highest BCUT2D eigenvalue weighted by Gasteiger charge is 2.24. The van der Waals surface area contributed by atoms with Crippen molar-refractivity contribution >= 4 is 11.3 Å². The lowest BCUT2D eigenvalue weighted by Gasteiger charge is -2.26. The standard InChI is InChI=1S/C17H21NS/c1-2-13-7-6-10-15(11-13)17-18-16(12-19-17)14-8-4-3-5-9-14/h3-5,8-9,12-13,15H,2,6-7,10-11H2,1H3. The number of hydrogen-bond donors (Lipinski definition) is 0. The first-order valence-electron chi connectivity index (χ1n) is 7.37. The Labute approximate surface area is 119 Å². The van der Waals surface area contributed by atoms with Crippen molar-refractivity contribution in [3.05, 3.63) is 40.7 Å². The zero-order valence-corrected chi connectivity index (χ0v) is 12.3. The summed E-state index contributed by atoms with van der Waals surface area (Å²) in [5.41, 5.74) is 2.40. The van der Waals surface area contributed by atoms with Crippen molar-refractivity contribution in [2.45, 2.75) is 44.9 Å². The fraction of sp³-hybridized carbons (Fsp3) is 0.471. The van der Waals surface area contributed by atoms with Crippen LogP contribution in [0.15, 0.2) is 35.7 Å². The van der Waals surface area contributed by atoms with Gasteiger partial charge in [0.25, 0.3) is 0 Å². The van der Waals surface area contributed by atoms with Gasteiger partial charge >= 0.3 is 0 Å². The van der Waals surface area contributed by atoms with Crippen LogP contribution in [0.3, 0.4) is 0 Å². The minimum absolute atomic E-state index is 0.709. The molecule has 0 amide bonds. The third kappa shape index (κ3) is 2.89. The average molecular weight is 271 g/mol. The van der Waals surface area contributed by atoms with E-state index in [9.17, 15) is 0 Å². The molecule has 0 bridgehead atoms. The van der Waals surface area contributed by atoms with Crippen molar-refractivity contribution in [2.75, 3.05) is 0 Å². The lowest BCUT2D eigenvalue weighted by Crippen LogP contribution is -2.13. The molecular formula is C17H21NS. The Balaban J connectivity index is 1.78. The van der Waals surface area contributed by atoms with Crippen LogP contribution in [0.4, 0.5) is 0 Å². The summed E-state index contributed by atoms with van der Waals surface area (Å²) in [5, 5.41) is 3.58. The Hall–Kier alpha value is -1.15. The van der Waals surface area contributed by atoms with E-state index in [1.54, 1.807) is 0 Å². The predicted molar refractivity (Wildman–Crippen MR) is 82.5 cm³/mol. The largest absolute Gasteiger partial charge is 0.241 e. The summed E-state index contributed by atoms with van der Waals surface area (Å²) in [5.74, 6) is 1.63. The summed E-state index contributed by atoms with van der Waals surface area (Å²) in [6.07, 6.45) is 6.80. The van der Waals surface area contributed by atoms with Crippen LogP contribution >= 0.6 is 11.3 Å². The zero-order valence-electron chi connectivity index (χ0n) is 11.5. The normalized spacial score (nSPS) is 23.4. The second kappa shape index (κ2) is 5.87. The second-order valence-corrected chi connectivity index (χ2v) is 6.46. The van der Waals surface area contributed by atoms with E-state index in [0.717, 1.165) is 11.6 Å². The maximum atomic E-state index is 4.89. The molecule has 3 rings (SSSR count). The molecule has 1 nitrogen and oxygen atoms in total. The molecule has 1 aliphatic carbocycles. The summed E-state index contributed by atoms with van der Waals surface area (Å²) in [4.78, 5) is 4.89. The average Bonchev–Trinajstić information content (AvgIpc) is 2.98. The lowest BCUT2D eigenvalue weighted by molar-refractivity contribution is 0.314. The first-order chi connectivity index (χ1) is 9.36. The summed E-state index contributed by atoms with van der Waals surface area (Å²) < 4.78 is 0. The number of benzene rings is 1. The molecule has 0 saturated heterocycles. The fourth-order valence-electron chi connectivity index (χ4n) is 3.10.